The molecule has 0 radical (unpaired) electrons. The van der Waals surface area contributed by atoms with Gasteiger partial charge in [-0.05, 0) is 13.8 Å². The molecule has 0 fully saturated rings. The van der Waals surface area contributed by atoms with Gasteiger partial charge in [-0.3, -0.25) is 0 Å². The van der Waals surface area contributed by atoms with E-state index in [2.05, 4.69) is 25.3 Å². The minimum Gasteiger partial charge on any atom is -0.365 e. The van der Waals surface area contributed by atoms with Gasteiger partial charge in [0.1, 0.15) is 0 Å². The molecule has 0 aliphatic heterocycles. The average Bonchev–Trinajstić information content (AvgIpc) is 1.84. The van der Waals surface area contributed by atoms with Crippen LogP contribution in [-0.2, 0) is 0 Å². The minimum atomic E-state index is 0.523. The third-order valence-corrected chi connectivity index (χ3v) is 1.70. The molecule has 0 aromatic rings. The fraction of sp³-hybridized carbons (Fsp3) is 0.750. The Labute approximate surface area is 64.1 Å². The van der Waals surface area contributed by atoms with Crippen molar-refractivity contribution >= 4 is 0 Å². The second-order valence-electron chi connectivity index (χ2n) is 3.02. The van der Waals surface area contributed by atoms with E-state index in [1.54, 1.807) is 0 Å². The topological polar surface area (TPSA) is 6.48 Å². The van der Waals surface area contributed by atoms with Crippen LogP contribution in [0.1, 0.15) is 13.8 Å². The van der Waals surface area contributed by atoms with E-state index < -0.39 is 0 Å². The van der Waals surface area contributed by atoms with Crippen molar-refractivity contribution in [2.24, 2.45) is 0 Å². The fourth-order valence-electron chi connectivity index (χ4n) is 0.614. The van der Waals surface area contributed by atoms with E-state index in [0.29, 0.717) is 6.04 Å². The van der Waals surface area contributed by atoms with E-state index >= 15 is 0 Å². The zero-order valence-electron chi connectivity index (χ0n) is 7.68. The predicted molar refractivity (Wildman–Crippen MR) is 45.7 cm³/mol. The summed E-state index contributed by atoms with van der Waals surface area (Å²) in [6.07, 6.45) is 0. The van der Waals surface area contributed by atoms with Crippen LogP contribution >= 0.6 is 0 Å². The summed E-state index contributed by atoms with van der Waals surface area (Å²) in [6, 6.07) is 0.523. The van der Waals surface area contributed by atoms with Gasteiger partial charge in [-0.15, -0.1) is 0 Å². The Hall–Kier alpha value is -0.660. The first-order valence-electron chi connectivity index (χ1n) is 3.56. The van der Waals surface area contributed by atoms with Crippen LogP contribution in [0.3, 0.4) is 0 Å². The Morgan fingerprint density at radius 1 is 1.20 bits per heavy atom. The maximum absolute atomic E-state index is 3.93. The lowest BCUT2D eigenvalue weighted by Gasteiger charge is -2.30. The summed E-state index contributed by atoms with van der Waals surface area (Å²) in [4.78, 5) is 4.15. The van der Waals surface area contributed by atoms with Crippen LogP contribution in [0.25, 0.3) is 0 Å². The van der Waals surface area contributed by atoms with Crippen molar-refractivity contribution in [2.45, 2.75) is 19.9 Å². The van der Waals surface area contributed by atoms with E-state index in [0.717, 1.165) is 5.82 Å². The van der Waals surface area contributed by atoms with Crippen LogP contribution in [-0.4, -0.2) is 37.0 Å². The molecule has 10 heavy (non-hydrogen) atoms. The summed E-state index contributed by atoms with van der Waals surface area (Å²) in [5, 5.41) is 0. The number of nitrogens with zero attached hydrogens (tertiary/aromatic N) is 2. The van der Waals surface area contributed by atoms with E-state index in [9.17, 15) is 0 Å². The molecule has 0 bridgehead atoms. The highest BCUT2D eigenvalue weighted by Crippen LogP contribution is 2.04. The smallest absolute Gasteiger partial charge is 0.0959 e. The second-order valence-corrected chi connectivity index (χ2v) is 3.02. The largest absolute Gasteiger partial charge is 0.365 e. The van der Waals surface area contributed by atoms with Gasteiger partial charge in [0.25, 0.3) is 0 Å². The monoisotopic (exact) mass is 142 g/mol. The molecule has 0 aliphatic rings. The molecule has 2 nitrogen and oxygen atoms in total. The van der Waals surface area contributed by atoms with Crippen LogP contribution in [0.5, 0.6) is 0 Å². The number of hydrogen-bond acceptors (Lipinski definition) is 2. The number of hydrogen-bond donors (Lipinski definition) is 0. The lowest BCUT2D eigenvalue weighted by atomic mass is 10.3. The Bertz CT molecular complexity index is 116. The van der Waals surface area contributed by atoms with Crippen LogP contribution in [0, 0.1) is 0 Å². The molecule has 0 aromatic carbocycles. The Morgan fingerprint density at radius 3 is 1.70 bits per heavy atom. The maximum Gasteiger partial charge on any atom is 0.0959 e. The molecule has 0 aromatic heterocycles. The summed E-state index contributed by atoms with van der Waals surface area (Å²) >= 11 is 0. The average molecular weight is 142 g/mol. The molecule has 2 heteroatoms. The van der Waals surface area contributed by atoms with Crippen molar-refractivity contribution in [3.8, 4) is 0 Å². The van der Waals surface area contributed by atoms with E-state index in [1.807, 2.05) is 26.0 Å². The van der Waals surface area contributed by atoms with Crippen molar-refractivity contribution in [2.75, 3.05) is 21.1 Å². The second kappa shape index (κ2) is 3.49. The molecule has 0 saturated heterocycles. The third kappa shape index (κ3) is 2.29. The zero-order valence-corrected chi connectivity index (χ0v) is 7.68. The lowest BCUT2D eigenvalue weighted by molar-refractivity contribution is 0.258. The maximum atomic E-state index is 3.93. The Kier molecular flexibility index (Phi) is 3.26. The lowest BCUT2D eigenvalue weighted by Crippen LogP contribution is -2.32. The van der Waals surface area contributed by atoms with Crippen molar-refractivity contribution in [3.05, 3.63) is 12.4 Å². The molecular weight excluding hydrogens is 124 g/mol. The molecule has 0 amide bonds. The molecule has 60 valence electrons. The minimum absolute atomic E-state index is 0.523. The zero-order chi connectivity index (χ0) is 8.31. The van der Waals surface area contributed by atoms with Gasteiger partial charge in [0.15, 0.2) is 0 Å². The normalized spacial score (nSPS) is 9.80. The highest BCUT2D eigenvalue weighted by atomic mass is 15.3. The predicted octanol–water partition coefficient (Wildman–Crippen LogP) is 1.36. The molecule has 0 aliphatic carbocycles. The first-order chi connectivity index (χ1) is 4.46. The Morgan fingerprint density at radius 2 is 1.60 bits per heavy atom. The summed E-state index contributed by atoms with van der Waals surface area (Å²) in [5.74, 6) is 1.05. The third-order valence-electron chi connectivity index (χ3n) is 1.70. The summed E-state index contributed by atoms with van der Waals surface area (Å²) in [6.45, 7) is 8.22. The van der Waals surface area contributed by atoms with E-state index in [4.69, 9.17) is 0 Å². The molecule has 0 atom stereocenters. The van der Waals surface area contributed by atoms with Crippen molar-refractivity contribution in [3.63, 3.8) is 0 Å². The summed E-state index contributed by atoms with van der Waals surface area (Å²) in [7, 11) is 6.05. The standard InChI is InChI=1S/C8H18N2/c1-7(2)10(6)8(3)9(4)5/h7H,3H2,1-2,4-6H3. The molecule has 0 rings (SSSR count). The van der Waals surface area contributed by atoms with Gasteiger partial charge in [-0.1, -0.05) is 6.58 Å². The molecule has 0 N–H and O–H groups in total. The fourth-order valence-corrected chi connectivity index (χ4v) is 0.614. The van der Waals surface area contributed by atoms with Gasteiger partial charge in [-0.25, -0.2) is 0 Å². The van der Waals surface area contributed by atoms with E-state index in [-0.39, 0.29) is 0 Å². The van der Waals surface area contributed by atoms with Gasteiger partial charge in [0.05, 0.1) is 5.82 Å². The SMILES string of the molecule is C=C(N(C)C)N(C)C(C)C. The molecule has 0 saturated carbocycles. The van der Waals surface area contributed by atoms with Gasteiger partial charge < -0.3 is 9.80 Å². The van der Waals surface area contributed by atoms with Crippen LogP contribution in [0.15, 0.2) is 12.4 Å². The highest BCUT2D eigenvalue weighted by molar-refractivity contribution is 4.90. The summed E-state index contributed by atoms with van der Waals surface area (Å²) in [5.41, 5.74) is 0. The molecule has 0 heterocycles. The van der Waals surface area contributed by atoms with Crippen LogP contribution in [0.2, 0.25) is 0 Å². The highest BCUT2D eigenvalue weighted by Gasteiger charge is 2.05. The van der Waals surface area contributed by atoms with Crippen LogP contribution < -0.4 is 0 Å². The van der Waals surface area contributed by atoms with E-state index in [1.165, 1.54) is 0 Å². The molecular formula is C8H18N2. The quantitative estimate of drug-likeness (QED) is 0.587. The van der Waals surface area contributed by atoms with Gasteiger partial charge in [0.2, 0.25) is 0 Å². The van der Waals surface area contributed by atoms with Crippen molar-refractivity contribution in [1.82, 2.24) is 9.80 Å². The van der Waals surface area contributed by atoms with Crippen molar-refractivity contribution < 1.29 is 0 Å². The van der Waals surface area contributed by atoms with Crippen molar-refractivity contribution in [1.29, 1.82) is 0 Å². The van der Waals surface area contributed by atoms with Gasteiger partial charge in [0, 0.05) is 27.2 Å². The van der Waals surface area contributed by atoms with Gasteiger partial charge in [-0.2, -0.15) is 0 Å². The number of rotatable bonds is 3. The Balaban J connectivity index is 3.95. The first-order valence-corrected chi connectivity index (χ1v) is 3.56. The first kappa shape index (κ1) is 9.34. The summed E-state index contributed by atoms with van der Waals surface area (Å²) < 4.78 is 0. The molecule has 0 spiro atoms. The van der Waals surface area contributed by atoms with Crippen LogP contribution in [0.4, 0.5) is 0 Å². The van der Waals surface area contributed by atoms with Gasteiger partial charge >= 0.3 is 0 Å². The molecule has 0 unspecified atom stereocenters.